The number of rotatable bonds is 3. The highest BCUT2D eigenvalue weighted by molar-refractivity contribution is 8.01. The average molecular weight is 284 g/mol. The largest absolute Gasteiger partial charge is 0.480 e. The number of nitrogens with one attached hydrogen (secondary N) is 1. The van der Waals surface area contributed by atoms with Crippen LogP contribution in [0.2, 0.25) is 0 Å². The molecule has 19 heavy (non-hydrogen) atoms. The number of aromatic nitrogens is 3. The molecule has 2 N–H and O–H groups in total. The predicted molar refractivity (Wildman–Crippen MR) is 69.8 cm³/mol. The first kappa shape index (κ1) is 13.9. The van der Waals surface area contributed by atoms with Gasteiger partial charge in [0.2, 0.25) is 5.91 Å². The number of thioether (sulfide) groups is 1. The SMILES string of the molecule is Cc1nc([C@H]2CSC(C)(C)C(=O)N2)n(CC(=O)O)n1. The van der Waals surface area contributed by atoms with Crippen molar-refractivity contribution < 1.29 is 14.7 Å². The molecule has 7 nitrogen and oxygen atoms in total. The first-order valence-corrected chi connectivity index (χ1v) is 6.86. The highest BCUT2D eigenvalue weighted by atomic mass is 32.2. The maximum atomic E-state index is 11.9. The summed E-state index contributed by atoms with van der Waals surface area (Å²) in [5.74, 6) is 0.588. The summed E-state index contributed by atoms with van der Waals surface area (Å²) in [5.41, 5.74) is 0. The fourth-order valence-corrected chi connectivity index (χ4v) is 2.85. The van der Waals surface area contributed by atoms with Crippen molar-refractivity contribution in [3.8, 4) is 0 Å². The Bertz CT molecular complexity index is 526. The van der Waals surface area contributed by atoms with Crippen LogP contribution in [-0.2, 0) is 16.1 Å². The van der Waals surface area contributed by atoms with E-state index >= 15 is 0 Å². The number of hydrogen-bond donors (Lipinski definition) is 2. The minimum absolute atomic E-state index is 0.0729. The summed E-state index contributed by atoms with van der Waals surface area (Å²) in [6, 6.07) is -0.300. The van der Waals surface area contributed by atoms with E-state index in [0.29, 0.717) is 17.4 Å². The van der Waals surface area contributed by atoms with Gasteiger partial charge in [0.15, 0.2) is 5.82 Å². The van der Waals surface area contributed by atoms with Crippen LogP contribution in [0.15, 0.2) is 0 Å². The molecule has 1 aliphatic heterocycles. The van der Waals surface area contributed by atoms with Crippen LogP contribution in [0.4, 0.5) is 0 Å². The lowest BCUT2D eigenvalue weighted by molar-refractivity contribution is -0.137. The summed E-state index contributed by atoms with van der Waals surface area (Å²) in [5, 5.41) is 15.8. The molecule has 0 saturated carbocycles. The Kier molecular flexibility index (Phi) is 3.53. The second kappa shape index (κ2) is 4.84. The van der Waals surface area contributed by atoms with Gasteiger partial charge in [-0.25, -0.2) is 9.67 Å². The van der Waals surface area contributed by atoms with Crippen LogP contribution < -0.4 is 5.32 Å². The molecule has 2 rings (SSSR count). The summed E-state index contributed by atoms with van der Waals surface area (Å²) >= 11 is 1.53. The normalized spacial score (nSPS) is 22.1. The molecule has 1 aliphatic rings. The second-order valence-corrected chi connectivity index (χ2v) is 6.56. The molecular weight excluding hydrogens is 268 g/mol. The average Bonchev–Trinajstić information content (AvgIpc) is 2.62. The minimum Gasteiger partial charge on any atom is -0.480 e. The van der Waals surface area contributed by atoms with E-state index in [4.69, 9.17) is 5.11 Å². The zero-order valence-electron chi connectivity index (χ0n) is 11.0. The summed E-state index contributed by atoms with van der Waals surface area (Å²) in [7, 11) is 0. The van der Waals surface area contributed by atoms with Gasteiger partial charge in [-0.05, 0) is 20.8 Å². The van der Waals surface area contributed by atoms with Crippen LogP contribution in [0.1, 0.15) is 31.5 Å². The lowest BCUT2D eigenvalue weighted by Crippen LogP contribution is -2.48. The van der Waals surface area contributed by atoms with E-state index in [1.165, 1.54) is 16.4 Å². The molecule has 1 fully saturated rings. The molecular formula is C11H16N4O3S. The summed E-state index contributed by atoms with van der Waals surface area (Å²) in [6.45, 7) is 5.16. The van der Waals surface area contributed by atoms with E-state index in [9.17, 15) is 9.59 Å². The fraction of sp³-hybridized carbons (Fsp3) is 0.636. The Hall–Kier alpha value is -1.57. The fourth-order valence-electron chi connectivity index (χ4n) is 1.84. The number of carbonyl (C=O) groups excluding carboxylic acids is 1. The highest BCUT2D eigenvalue weighted by Gasteiger charge is 2.37. The highest BCUT2D eigenvalue weighted by Crippen LogP contribution is 2.33. The van der Waals surface area contributed by atoms with E-state index in [1.807, 2.05) is 13.8 Å². The van der Waals surface area contributed by atoms with E-state index in [1.54, 1.807) is 6.92 Å². The van der Waals surface area contributed by atoms with E-state index in [2.05, 4.69) is 15.4 Å². The van der Waals surface area contributed by atoms with Crippen LogP contribution in [0.5, 0.6) is 0 Å². The number of carbonyl (C=O) groups is 2. The third-order valence-corrected chi connectivity index (χ3v) is 4.27. The van der Waals surface area contributed by atoms with Crippen LogP contribution in [0.25, 0.3) is 0 Å². The van der Waals surface area contributed by atoms with Crippen LogP contribution >= 0.6 is 11.8 Å². The lowest BCUT2D eigenvalue weighted by Gasteiger charge is -2.33. The lowest BCUT2D eigenvalue weighted by atomic mass is 10.1. The Morgan fingerprint density at radius 3 is 2.89 bits per heavy atom. The number of nitrogens with zero attached hydrogens (tertiary/aromatic N) is 3. The van der Waals surface area contributed by atoms with Crippen LogP contribution in [0.3, 0.4) is 0 Å². The molecule has 0 unspecified atom stereocenters. The first-order chi connectivity index (χ1) is 8.79. The van der Waals surface area contributed by atoms with Crippen molar-refractivity contribution in [2.45, 2.75) is 38.1 Å². The molecule has 2 heterocycles. The smallest absolute Gasteiger partial charge is 0.325 e. The number of carboxylic acid groups (broad SMARTS) is 1. The molecule has 1 aromatic heterocycles. The topological polar surface area (TPSA) is 97.1 Å². The van der Waals surface area contributed by atoms with Gasteiger partial charge >= 0.3 is 5.97 Å². The molecule has 0 aromatic carbocycles. The van der Waals surface area contributed by atoms with Crippen molar-refractivity contribution >= 4 is 23.6 Å². The van der Waals surface area contributed by atoms with Gasteiger partial charge in [0, 0.05) is 5.75 Å². The first-order valence-electron chi connectivity index (χ1n) is 5.87. The zero-order valence-corrected chi connectivity index (χ0v) is 11.8. The molecule has 104 valence electrons. The van der Waals surface area contributed by atoms with Crippen molar-refractivity contribution in [3.63, 3.8) is 0 Å². The van der Waals surface area contributed by atoms with Gasteiger partial charge in [0.1, 0.15) is 12.4 Å². The van der Waals surface area contributed by atoms with Gasteiger partial charge in [0.25, 0.3) is 0 Å². The van der Waals surface area contributed by atoms with Crippen LogP contribution in [0, 0.1) is 6.92 Å². The Morgan fingerprint density at radius 1 is 1.63 bits per heavy atom. The van der Waals surface area contributed by atoms with Gasteiger partial charge < -0.3 is 10.4 Å². The molecule has 0 radical (unpaired) electrons. The summed E-state index contributed by atoms with van der Waals surface area (Å²) in [6.07, 6.45) is 0. The molecule has 8 heteroatoms. The van der Waals surface area contributed by atoms with Crippen molar-refractivity contribution in [1.82, 2.24) is 20.1 Å². The van der Waals surface area contributed by atoms with Gasteiger partial charge in [-0.15, -0.1) is 11.8 Å². The Balaban J connectivity index is 2.23. The van der Waals surface area contributed by atoms with Gasteiger partial charge in [-0.1, -0.05) is 0 Å². The number of carboxylic acids is 1. The van der Waals surface area contributed by atoms with E-state index in [-0.39, 0.29) is 18.5 Å². The number of amides is 1. The molecule has 1 aromatic rings. The monoisotopic (exact) mass is 284 g/mol. The van der Waals surface area contributed by atoms with Crippen molar-refractivity contribution in [3.05, 3.63) is 11.6 Å². The van der Waals surface area contributed by atoms with Gasteiger partial charge in [-0.2, -0.15) is 5.10 Å². The van der Waals surface area contributed by atoms with E-state index in [0.717, 1.165) is 0 Å². The second-order valence-electron chi connectivity index (χ2n) is 4.92. The summed E-state index contributed by atoms with van der Waals surface area (Å²) < 4.78 is 0.866. The van der Waals surface area contributed by atoms with Crippen molar-refractivity contribution in [2.75, 3.05) is 5.75 Å². The van der Waals surface area contributed by atoms with E-state index < -0.39 is 10.7 Å². The zero-order chi connectivity index (χ0) is 14.2. The molecule has 1 saturated heterocycles. The van der Waals surface area contributed by atoms with Gasteiger partial charge in [0.05, 0.1) is 10.8 Å². The number of hydrogen-bond acceptors (Lipinski definition) is 5. The molecule has 1 atom stereocenters. The molecule has 1 amide bonds. The molecule has 0 spiro atoms. The Morgan fingerprint density at radius 2 is 2.32 bits per heavy atom. The Labute approximate surface area is 114 Å². The maximum absolute atomic E-state index is 11.9. The predicted octanol–water partition coefficient (Wildman–Crippen LogP) is 0.354. The minimum atomic E-state index is -0.985. The van der Waals surface area contributed by atoms with Crippen LogP contribution in [-0.4, -0.2) is 42.2 Å². The van der Waals surface area contributed by atoms with Crippen molar-refractivity contribution in [1.29, 1.82) is 0 Å². The van der Waals surface area contributed by atoms with Gasteiger partial charge in [-0.3, -0.25) is 9.59 Å². The number of aryl methyl sites for hydroxylation is 1. The number of aliphatic carboxylic acids is 1. The maximum Gasteiger partial charge on any atom is 0.325 e. The standard InChI is InChI=1S/C11H16N4O3S/c1-6-12-9(15(14-6)4-8(16)17)7-5-19-11(2,3)10(18)13-7/h7H,4-5H2,1-3H3,(H,13,18)(H,16,17)/t7-/m1/s1. The van der Waals surface area contributed by atoms with Crippen molar-refractivity contribution in [2.24, 2.45) is 0 Å². The third kappa shape index (κ3) is 2.89. The summed E-state index contributed by atoms with van der Waals surface area (Å²) in [4.78, 5) is 27.0. The quantitative estimate of drug-likeness (QED) is 0.831. The molecule has 0 bridgehead atoms. The molecule has 0 aliphatic carbocycles. The third-order valence-electron chi connectivity index (χ3n) is 2.87.